The van der Waals surface area contributed by atoms with Crippen LogP contribution in [-0.2, 0) is 6.54 Å². The van der Waals surface area contributed by atoms with Gasteiger partial charge in [0.05, 0.1) is 4.92 Å². The number of benzene rings is 1. The lowest BCUT2D eigenvalue weighted by Gasteiger charge is -2.41. The monoisotopic (exact) mass is 280 g/mol. The Bertz CT molecular complexity index is 507. The third kappa shape index (κ3) is 3.15. The Labute approximate surface area is 118 Å². The third-order valence-corrected chi connectivity index (χ3v) is 4.31. The highest BCUT2D eigenvalue weighted by Gasteiger charge is 2.28. The van der Waals surface area contributed by atoms with Gasteiger partial charge in [0.2, 0.25) is 5.82 Å². The lowest BCUT2D eigenvalue weighted by Crippen LogP contribution is -2.45. The molecular formula is C15H21FN2O2. The molecule has 0 radical (unpaired) electrons. The van der Waals surface area contributed by atoms with Crippen molar-refractivity contribution in [3.8, 4) is 0 Å². The maximum Gasteiger partial charge on any atom is 0.304 e. The van der Waals surface area contributed by atoms with Crippen LogP contribution in [0.4, 0.5) is 10.1 Å². The Hall–Kier alpha value is -1.49. The van der Waals surface area contributed by atoms with E-state index in [1.54, 1.807) is 6.07 Å². The molecule has 1 aromatic rings. The van der Waals surface area contributed by atoms with Crippen LogP contribution in [0.25, 0.3) is 0 Å². The summed E-state index contributed by atoms with van der Waals surface area (Å²) < 4.78 is 13.6. The highest BCUT2D eigenvalue weighted by Crippen LogP contribution is 2.28. The van der Waals surface area contributed by atoms with E-state index in [1.165, 1.54) is 18.6 Å². The zero-order valence-electron chi connectivity index (χ0n) is 12.2. The van der Waals surface area contributed by atoms with E-state index in [4.69, 9.17) is 0 Å². The Kier molecular flexibility index (Phi) is 4.38. The van der Waals surface area contributed by atoms with Gasteiger partial charge < -0.3 is 0 Å². The minimum atomic E-state index is -0.752. The molecule has 1 heterocycles. The number of halogens is 1. The van der Waals surface area contributed by atoms with Crippen LogP contribution in [0.1, 0.15) is 32.8 Å². The highest BCUT2D eigenvalue weighted by atomic mass is 19.1. The summed E-state index contributed by atoms with van der Waals surface area (Å²) in [5.41, 5.74) is 0.337. The number of nitrogens with zero attached hydrogens (tertiary/aromatic N) is 2. The predicted molar refractivity (Wildman–Crippen MR) is 75.9 cm³/mol. The number of hydrogen-bond donors (Lipinski definition) is 0. The Morgan fingerprint density at radius 1 is 1.40 bits per heavy atom. The minimum Gasteiger partial charge on any atom is -0.296 e. The first kappa shape index (κ1) is 14.9. The molecule has 0 saturated carbocycles. The van der Waals surface area contributed by atoms with Gasteiger partial charge >= 0.3 is 5.69 Å². The van der Waals surface area contributed by atoms with Gasteiger partial charge in [0.25, 0.3) is 0 Å². The van der Waals surface area contributed by atoms with Crippen LogP contribution >= 0.6 is 0 Å². The second-order valence-corrected chi connectivity index (χ2v) is 6.03. The molecular weight excluding hydrogens is 259 g/mol. The Balaban J connectivity index is 2.13. The van der Waals surface area contributed by atoms with E-state index in [0.29, 0.717) is 24.4 Å². The van der Waals surface area contributed by atoms with Crippen molar-refractivity contribution in [3.05, 3.63) is 39.7 Å². The van der Waals surface area contributed by atoms with Crippen molar-refractivity contribution in [3.63, 3.8) is 0 Å². The van der Waals surface area contributed by atoms with Crippen LogP contribution in [0, 0.1) is 27.8 Å². The fraction of sp³-hybridized carbons (Fsp3) is 0.600. The fourth-order valence-corrected chi connectivity index (χ4v) is 3.07. The average Bonchev–Trinajstić information content (AvgIpc) is 2.35. The summed E-state index contributed by atoms with van der Waals surface area (Å²) in [6.07, 6.45) is 1.21. The smallest absolute Gasteiger partial charge is 0.296 e. The summed E-state index contributed by atoms with van der Waals surface area (Å²) in [5.74, 6) is 0.490. The Morgan fingerprint density at radius 2 is 2.10 bits per heavy atom. The molecule has 3 unspecified atom stereocenters. The van der Waals surface area contributed by atoms with Crippen LogP contribution in [0.2, 0.25) is 0 Å². The highest BCUT2D eigenvalue weighted by molar-refractivity contribution is 5.35. The summed E-state index contributed by atoms with van der Waals surface area (Å²) in [4.78, 5) is 12.3. The van der Waals surface area contributed by atoms with E-state index in [9.17, 15) is 14.5 Å². The molecule has 1 aromatic carbocycles. The standard InChI is InChI=1S/C15H21FN2O2/c1-10-6-11(2)12(3)17(8-10)9-13-4-5-15(18(19)20)14(16)7-13/h4-5,7,10-12H,6,8-9H2,1-3H3. The van der Waals surface area contributed by atoms with Crippen molar-refractivity contribution in [1.29, 1.82) is 0 Å². The number of hydrogen-bond acceptors (Lipinski definition) is 3. The molecule has 5 heteroatoms. The molecule has 4 nitrogen and oxygen atoms in total. The second-order valence-electron chi connectivity index (χ2n) is 6.03. The van der Waals surface area contributed by atoms with Gasteiger partial charge in [-0.2, -0.15) is 4.39 Å². The topological polar surface area (TPSA) is 46.4 Å². The molecule has 1 fully saturated rings. The predicted octanol–water partition coefficient (Wildman–Crippen LogP) is 3.60. The van der Waals surface area contributed by atoms with Gasteiger partial charge in [0.15, 0.2) is 0 Å². The lowest BCUT2D eigenvalue weighted by atomic mass is 9.86. The molecule has 110 valence electrons. The molecule has 20 heavy (non-hydrogen) atoms. The largest absolute Gasteiger partial charge is 0.304 e. The number of piperidine rings is 1. The summed E-state index contributed by atoms with van der Waals surface area (Å²) in [6.45, 7) is 8.29. The van der Waals surface area contributed by atoms with Gasteiger partial charge in [-0.3, -0.25) is 15.0 Å². The summed E-state index contributed by atoms with van der Waals surface area (Å²) in [7, 11) is 0. The van der Waals surface area contributed by atoms with Crippen molar-refractivity contribution in [2.24, 2.45) is 11.8 Å². The number of likely N-dealkylation sites (tertiary alicyclic amines) is 1. The van der Waals surface area contributed by atoms with Crippen molar-refractivity contribution in [2.75, 3.05) is 6.54 Å². The second kappa shape index (κ2) is 5.87. The maximum absolute atomic E-state index is 13.6. The molecule has 1 saturated heterocycles. The quantitative estimate of drug-likeness (QED) is 0.627. The number of nitro benzene ring substituents is 1. The van der Waals surface area contributed by atoms with Gasteiger partial charge in [0.1, 0.15) is 0 Å². The van der Waals surface area contributed by atoms with E-state index >= 15 is 0 Å². The summed E-state index contributed by atoms with van der Waals surface area (Å²) >= 11 is 0. The van der Waals surface area contributed by atoms with Crippen LogP contribution in [0.5, 0.6) is 0 Å². The molecule has 1 aliphatic rings. The van der Waals surface area contributed by atoms with Gasteiger partial charge in [-0.05, 0) is 36.8 Å². The molecule has 0 aromatic heterocycles. The van der Waals surface area contributed by atoms with Crippen molar-refractivity contribution >= 4 is 5.69 Å². The maximum atomic E-state index is 13.6. The average molecular weight is 280 g/mol. The van der Waals surface area contributed by atoms with E-state index in [-0.39, 0.29) is 0 Å². The first-order valence-corrected chi connectivity index (χ1v) is 7.05. The SMILES string of the molecule is CC1CC(C)C(C)N(Cc2ccc([N+](=O)[O-])c(F)c2)C1. The third-order valence-electron chi connectivity index (χ3n) is 4.31. The van der Waals surface area contributed by atoms with Crippen molar-refractivity contribution in [1.82, 2.24) is 4.90 Å². The van der Waals surface area contributed by atoms with Crippen molar-refractivity contribution in [2.45, 2.75) is 39.8 Å². The number of nitro groups is 1. The summed E-state index contributed by atoms with van der Waals surface area (Å²) in [6, 6.07) is 4.64. The zero-order chi connectivity index (χ0) is 14.9. The lowest BCUT2D eigenvalue weighted by molar-refractivity contribution is -0.387. The van der Waals surface area contributed by atoms with E-state index in [0.717, 1.165) is 12.1 Å². The molecule has 0 N–H and O–H groups in total. The molecule has 2 rings (SSSR count). The van der Waals surface area contributed by atoms with Gasteiger partial charge in [-0.1, -0.05) is 19.9 Å². The molecule has 0 aliphatic carbocycles. The Morgan fingerprint density at radius 3 is 2.70 bits per heavy atom. The molecule has 0 spiro atoms. The molecule has 0 bridgehead atoms. The van der Waals surface area contributed by atoms with E-state index < -0.39 is 16.4 Å². The van der Waals surface area contributed by atoms with Crippen LogP contribution in [0.3, 0.4) is 0 Å². The van der Waals surface area contributed by atoms with Gasteiger partial charge in [0, 0.05) is 25.2 Å². The van der Waals surface area contributed by atoms with E-state index in [2.05, 4.69) is 25.7 Å². The van der Waals surface area contributed by atoms with Gasteiger partial charge in [-0.25, -0.2) is 0 Å². The van der Waals surface area contributed by atoms with Crippen LogP contribution in [0.15, 0.2) is 18.2 Å². The minimum absolute atomic E-state index is 0.449. The van der Waals surface area contributed by atoms with Crippen molar-refractivity contribution < 1.29 is 9.31 Å². The van der Waals surface area contributed by atoms with E-state index in [1.807, 2.05) is 0 Å². The zero-order valence-corrected chi connectivity index (χ0v) is 12.2. The molecule has 1 aliphatic heterocycles. The molecule has 0 amide bonds. The molecule has 3 atom stereocenters. The first-order chi connectivity index (χ1) is 9.38. The fourth-order valence-electron chi connectivity index (χ4n) is 3.07. The summed E-state index contributed by atoms with van der Waals surface area (Å²) in [5, 5.41) is 10.6. The normalized spacial score (nSPS) is 27.5. The van der Waals surface area contributed by atoms with Crippen LogP contribution in [-0.4, -0.2) is 22.4 Å². The van der Waals surface area contributed by atoms with Gasteiger partial charge in [-0.15, -0.1) is 0 Å². The first-order valence-electron chi connectivity index (χ1n) is 7.05. The number of rotatable bonds is 3. The van der Waals surface area contributed by atoms with Crippen LogP contribution < -0.4 is 0 Å².